The fraction of sp³-hybridized carbons (Fsp3) is 0.231. The van der Waals surface area contributed by atoms with Crippen LogP contribution in [0.4, 0.5) is 0 Å². The Kier molecular flexibility index (Phi) is 3.34. The number of nitrogens with zero attached hydrogens (tertiary/aromatic N) is 2. The second kappa shape index (κ2) is 4.74. The van der Waals surface area contributed by atoms with Crippen molar-refractivity contribution in [3.63, 3.8) is 0 Å². The van der Waals surface area contributed by atoms with Crippen LogP contribution in [0.25, 0.3) is 11.4 Å². The molecule has 1 aromatic carbocycles. The van der Waals surface area contributed by atoms with E-state index in [1.807, 2.05) is 19.9 Å². The molecule has 0 N–H and O–H groups in total. The molecule has 2 aromatic rings. The number of aromatic nitrogens is 2. The van der Waals surface area contributed by atoms with Crippen molar-refractivity contribution < 1.29 is 0 Å². The number of aryl methyl sites for hydroxylation is 2. The maximum atomic E-state index is 4.44. The number of benzene rings is 1. The standard InChI is InChI=1S/C13H13BrN2/c1-9-7-10(2)16-13(15-9)12-5-3-11(8-14)4-6-12/h3-7H,8H2,1-2H3. The first-order valence-electron chi connectivity index (χ1n) is 5.16. The van der Waals surface area contributed by atoms with Crippen LogP contribution in [-0.4, -0.2) is 9.97 Å². The Morgan fingerprint density at radius 3 is 2.06 bits per heavy atom. The molecule has 0 atom stereocenters. The Morgan fingerprint density at radius 2 is 1.56 bits per heavy atom. The zero-order chi connectivity index (χ0) is 11.5. The third kappa shape index (κ3) is 2.47. The molecule has 2 rings (SSSR count). The first-order chi connectivity index (χ1) is 7.69. The van der Waals surface area contributed by atoms with Gasteiger partial charge in [-0.3, -0.25) is 0 Å². The SMILES string of the molecule is Cc1cc(C)nc(-c2ccc(CBr)cc2)n1. The number of rotatable bonds is 2. The first kappa shape index (κ1) is 11.3. The average Bonchev–Trinajstić information content (AvgIpc) is 2.28. The quantitative estimate of drug-likeness (QED) is 0.783. The lowest BCUT2D eigenvalue weighted by Crippen LogP contribution is -1.94. The third-order valence-electron chi connectivity index (χ3n) is 2.35. The zero-order valence-corrected chi connectivity index (χ0v) is 11.0. The van der Waals surface area contributed by atoms with Gasteiger partial charge in [-0.2, -0.15) is 0 Å². The second-order valence-corrected chi connectivity index (χ2v) is 4.37. The highest BCUT2D eigenvalue weighted by Gasteiger charge is 2.02. The van der Waals surface area contributed by atoms with Crippen LogP contribution in [0.3, 0.4) is 0 Å². The molecule has 0 aliphatic rings. The Hall–Kier alpha value is -1.22. The van der Waals surface area contributed by atoms with Gasteiger partial charge in [0.15, 0.2) is 5.82 Å². The summed E-state index contributed by atoms with van der Waals surface area (Å²) >= 11 is 3.43. The fourth-order valence-corrected chi connectivity index (χ4v) is 1.97. The Labute approximate surface area is 104 Å². The normalized spacial score (nSPS) is 10.4. The van der Waals surface area contributed by atoms with Gasteiger partial charge in [0.05, 0.1) is 0 Å². The highest BCUT2D eigenvalue weighted by Crippen LogP contribution is 2.17. The minimum atomic E-state index is 0.804. The van der Waals surface area contributed by atoms with Gasteiger partial charge in [0.2, 0.25) is 0 Å². The molecule has 0 bridgehead atoms. The number of hydrogen-bond acceptors (Lipinski definition) is 2. The number of alkyl halides is 1. The molecule has 0 fully saturated rings. The van der Waals surface area contributed by atoms with Gasteiger partial charge in [-0.05, 0) is 25.5 Å². The lowest BCUT2D eigenvalue weighted by molar-refractivity contribution is 1.06. The van der Waals surface area contributed by atoms with Gasteiger partial charge in [0.25, 0.3) is 0 Å². The van der Waals surface area contributed by atoms with Crippen molar-refractivity contribution in [3.05, 3.63) is 47.3 Å². The molecule has 16 heavy (non-hydrogen) atoms. The molecule has 0 aliphatic heterocycles. The molecule has 0 radical (unpaired) electrons. The van der Waals surface area contributed by atoms with Gasteiger partial charge < -0.3 is 0 Å². The molecule has 0 saturated carbocycles. The minimum absolute atomic E-state index is 0.804. The van der Waals surface area contributed by atoms with E-state index >= 15 is 0 Å². The van der Waals surface area contributed by atoms with E-state index in [0.29, 0.717) is 0 Å². The van der Waals surface area contributed by atoms with Crippen LogP contribution in [0.15, 0.2) is 30.3 Å². The predicted octanol–water partition coefficient (Wildman–Crippen LogP) is 3.66. The van der Waals surface area contributed by atoms with Gasteiger partial charge in [0.1, 0.15) is 0 Å². The summed E-state index contributed by atoms with van der Waals surface area (Å²) in [5.74, 6) is 0.804. The molecule has 2 nitrogen and oxygen atoms in total. The first-order valence-corrected chi connectivity index (χ1v) is 6.29. The van der Waals surface area contributed by atoms with Gasteiger partial charge in [-0.15, -0.1) is 0 Å². The highest BCUT2D eigenvalue weighted by molar-refractivity contribution is 9.08. The highest BCUT2D eigenvalue weighted by atomic mass is 79.9. The van der Waals surface area contributed by atoms with Crippen molar-refractivity contribution in [2.45, 2.75) is 19.2 Å². The monoisotopic (exact) mass is 276 g/mol. The summed E-state index contributed by atoms with van der Waals surface area (Å²) in [6, 6.07) is 10.3. The largest absolute Gasteiger partial charge is 0.233 e. The maximum Gasteiger partial charge on any atom is 0.159 e. The topological polar surface area (TPSA) is 25.8 Å². The van der Waals surface area contributed by atoms with Gasteiger partial charge in [-0.1, -0.05) is 40.2 Å². The Morgan fingerprint density at radius 1 is 1.00 bits per heavy atom. The average molecular weight is 277 g/mol. The minimum Gasteiger partial charge on any atom is -0.233 e. The smallest absolute Gasteiger partial charge is 0.159 e. The van der Waals surface area contributed by atoms with Crippen molar-refractivity contribution in [2.24, 2.45) is 0 Å². The zero-order valence-electron chi connectivity index (χ0n) is 9.37. The van der Waals surface area contributed by atoms with Crippen LogP contribution in [0.1, 0.15) is 17.0 Å². The summed E-state index contributed by atoms with van der Waals surface area (Å²) in [7, 11) is 0. The van der Waals surface area contributed by atoms with Gasteiger partial charge in [0, 0.05) is 22.3 Å². The van der Waals surface area contributed by atoms with Gasteiger partial charge in [-0.25, -0.2) is 9.97 Å². The number of halogens is 1. The van der Waals surface area contributed by atoms with Crippen molar-refractivity contribution >= 4 is 15.9 Å². The van der Waals surface area contributed by atoms with E-state index in [1.54, 1.807) is 0 Å². The molecule has 0 aliphatic carbocycles. The van der Waals surface area contributed by atoms with E-state index < -0.39 is 0 Å². The molecule has 1 aromatic heterocycles. The third-order valence-corrected chi connectivity index (χ3v) is 3.00. The van der Waals surface area contributed by atoms with Crippen LogP contribution >= 0.6 is 15.9 Å². The predicted molar refractivity (Wildman–Crippen MR) is 69.6 cm³/mol. The summed E-state index contributed by atoms with van der Waals surface area (Å²) in [5.41, 5.74) is 4.34. The van der Waals surface area contributed by atoms with E-state index in [2.05, 4.69) is 50.2 Å². The van der Waals surface area contributed by atoms with Gasteiger partial charge >= 0.3 is 0 Å². The molecular formula is C13H13BrN2. The van der Waals surface area contributed by atoms with Crippen LogP contribution < -0.4 is 0 Å². The van der Waals surface area contributed by atoms with Crippen LogP contribution in [0, 0.1) is 13.8 Å². The molecular weight excluding hydrogens is 264 g/mol. The summed E-state index contributed by atoms with van der Waals surface area (Å²) in [4.78, 5) is 8.87. The van der Waals surface area contributed by atoms with E-state index in [-0.39, 0.29) is 0 Å². The van der Waals surface area contributed by atoms with Crippen LogP contribution in [0.2, 0.25) is 0 Å². The molecule has 1 heterocycles. The Balaban J connectivity index is 2.42. The lowest BCUT2D eigenvalue weighted by Gasteiger charge is -2.04. The fourth-order valence-electron chi connectivity index (χ4n) is 1.60. The number of hydrogen-bond donors (Lipinski definition) is 0. The van der Waals surface area contributed by atoms with Crippen molar-refractivity contribution in [1.82, 2.24) is 9.97 Å². The van der Waals surface area contributed by atoms with E-state index in [4.69, 9.17) is 0 Å². The Bertz CT molecular complexity index is 472. The molecule has 0 amide bonds. The van der Waals surface area contributed by atoms with Crippen molar-refractivity contribution in [3.8, 4) is 11.4 Å². The van der Waals surface area contributed by atoms with Crippen LogP contribution in [-0.2, 0) is 5.33 Å². The summed E-state index contributed by atoms with van der Waals surface area (Å²) < 4.78 is 0. The second-order valence-electron chi connectivity index (χ2n) is 3.80. The molecule has 3 heteroatoms. The van der Waals surface area contributed by atoms with E-state index in [0.717, 1.165) is 28.1 Å². The van der Waals surface area contributed by atoms with E-state index in [9.17, 15) is 0 Å². The summed E-state index contributed by atoms with van der Waals surface area (Å²) in [6.07, 6.45) is 0. The molecule has 82 valence electrons. The van der Waals surface area contributed by atoms with Crippen molar-refractivity contribution in [2.75, 3.05) is 0 Å². The van der Waals surface area contributed by atoms with Crippen molar-refractivity contribution in [1.29, 1.82) is 0 Å². The van der Waals surface area contributed by atoms with Crippen LogP contribution in [0.5, 0.6) is 0 Å². The summed E-state index contributed by atoms with van der Waals surface area (Å²) in [6.45, 7) is 3.98. The summed E-state index contributed by atoms with van der Waals surface area (Å²) in [5, 5.41) is 0.876. The maximum absolute atomic E-state index is 4.44. The molecule has 0 spiro atoms. The van der Waals surface area contributed by atoms with E-state index in [1.165, 1.54) is 5.56 Å². The molecule has 0 saturated heterocycles. The lowest BCUT2D eigenvalue weighted by atomic mass is 10.1. The molecule has 0 unspecified atom stereocenters.